The van der Waals surface area contributed by atoms with Gasteiger partial charge in [-0.1, -0.05) is 30.3 Å². The number of aromatic nitrogens is 3. The minimum absolute atomic E-state index is 0.277. The first kappa shape index (κ1) is 18.8. The third kappa shape index (κ3) is 4.17. The fourth-order valence-electron chi connectivity index (χ4n) is 2.80. The Labute approximate surface area is 170 Å². The van der Waals surface area contributed by atoms with Crippen molar-refractivity contribution in [3.8, 4) is 22.0 Å². The number of rotatable bonds is 6. The average molecular weight is 406 g/mol. The maximum atomic E-state index is 12.6. The molecule has 0 saturated heterocycles. The monoisotopic (exact) mass is 406 g/mol. The molecule has 0 aliphatic rings. The molecule has 29 heavy (non-hydrogen) atoms. The first-order chi connectivity index (χ1) is 14.1. The van der Waals surface area contributed by atoms with Crippen molar-refractivity contribution in [1.82, 2.24) is 20.1 Å². The van der Waals surface area contributed by atoms with Crippen molar-refractivity contribution in [2.24, 2.45) is 0 Å². The van der Waals surface area contributed by atoms with Crippen molar-refractivity contribution >= 4 is 17.2 Å². The maximum Gasteiger partial charge on any atom is 0.267 e. The molecule has 3 heterocycles. The summed E-state index contributed by atoms with van der Waals surface area (Å²) in [7, 11) is 0. The quantitative estimate of drug-likeness (QED) is 0.529. The van der Waals surface area contributed by atoms with Crippen LogP contribution in [0, 0.1) is 0 Å². The number of nitrogens with one attached hydrogen (secondary N) is 1. The van der Waals surface area contributed by atoms with E-state index in [2.05, 4.69) is 15.4 Å². The van der Waals surface area contributed by atoms with Crippen LogP contribution in [-0.4, -0.2) is 20.7 Å². The van der Waals surface area contributed by atoms with Crippen LogP contribution in [0.3, 0.4) is 0 Å². The van der Waals surface area contributed by atoms with Crippen LogP contribution in [0.15, 0.2) is 75.5 Å². The summed E-state index contributed by atoms with van der Waals surface area (Å²) < 4.78 is 6.47. The van der Waals surface area contributed by atoms with Crippen LogP contribution in [-0.2, 0) is 11.3 Å². The molecule has 0 spiro atoms. The molecule has 4 aromatic rings. The Kier molecular flexibility index (Phi) is 5.35. The highest BCUT2D eigenvalue weighted by Gasteiger charge is 2.18. The number of carbonyl (C=O) groups excluding carboxylic acids is 1. The van der Waals surface area contributed by atoms with E-state index in [9.17, 15) is 9.59 Å². The van der Waals surface area contributed by atoms with Gasteiger partial charge in [0.2, 0.25) is 5.91 Å². The van der Waals surface area contributed by atoms with Gasteiger partial charge in [0.15, 0.2) is 5.76 Å². The van der Waals surface area contributed by atoms with Crippen molar-refractivity contribution in [2.75, 3.05) is 0 Å². The van der Waals surface area contributed by atoms with Gasteiger partial charge in [0.25, 0.3) is 5.56 Å². The number of thiazole rings is 1. The Morgan fingerprint density at radius 2 is 2.00 bits per heavy atom. The topological polar surface area (TPSA) is 90.0 Å². The molecular weight excluding hydrogens is 388 g/mol. The fourth-order valence-corrected chi connectivity index (χ4v) is 3.62. The fraction of sp³-hybridized carbons (Fsp3) is 0.143. The lowest BCUT2D eigenvalue weighted by molar-refractivity contribution is -0.124. The average Bonchev–Trinajstić information content (AvgIpc) is 3.45. The molecule has 0 saturated carbocycles. The van der Waals surface area contributed by atoms with E-state index >= 15 is 0 Å². The predicted octanol–water partition coefficient (Wildman–Crippen LogP) is 3.50. The van der Waals surface area contributed by atoms with Crippen molar-refractivity contribution in [3.63, 3.8) is 0 Å². The SMILES string of the molecule is CC(C(=O)NCc1csc(-c2ccccc2)n1)n1nc(-c2ccco2)ccc1=O. The highest BCUT2D eigenvalue weighted by atomic mass is 32.1. The molecule has 1 amide bonds. The normalized spacial score (nSPS) is 11.9. The van der Waals surface area contributed by atoms with Gasteiger partial charge in [-0.2, -0.15) is 5.10 Å². The van der Waals surface area contributed by atoms with Crippen LogP contribution >= 0.6 is 11.3 Å². The van der Waals surface area contributed by atoms with Gasteiger partial charge in [-0.25, -0.2) is 9.67 Å². The van der Waals surface area contributed by atoms with Crippen LogP contribution in [0.4, 0.5) is 0 Å². The van der Waals surface area contributed by atoms with Gasteiger partial charge >= 0.3 is 0 Å². The molecule has 0 fully saturated rings. The van der Waals surface area contributed by atoms with E-state index in [0.29, 0.717) is 11.5 Å². The lowest BCUT2D eigenvalue weighted by atomic mass is 10.2. The minimum atomic E-state index is -0.773. The van der Waals surface area contributed by atoms with E-state index < -0.39 is 6.04 Å². The van der Waals surface area contributed by atoms with E-state index in [0.717, 1.165) is 20.9 Å². The number of furan rings is 1. The van der Waals surface area contributed by atoms with Crippen LogP contribution in [0.2, 0.25) is 0 Å². The molecule has 146 valence electrons. The number of nitrogens with zero attached hydrogens (tertiary/aromatic N) is 3. The second kappa shape index (κ2) is 8.24. The number of amides is 1. The lowest BCUT2D eigenvalue weighted by Gasteiger charge is -2.14. The zero-order valence-corrected chi connectivity index (χ0v) is 16.4. The molecule has 1 aromatic carbocycles. The Hall–Kier alpha value is -3.52. The summed E-state index contributed by atoms with van der Waals surface area (Å²) in [5.74, 6) is 0.215. The number of carbonyl (C=O) groups is 1. The first-order valence-corrected chi connectivity index (χ1v) is 9.91. The van der Waals surface area contributed by atoms with Gasteiger partial charge in [-0.05, 0) is 25.1 Å². The molecule has 4 rings (SSSR count). The van der Waals surface area contributed by atoms with Crippen LogP contribution < -0.4 is 10.9 Å². The van der Waals surface area contributed by atoms with E-state index in [1.807, 2.05) is 35.7 Å². The second-order valence-corrected chi connectivity index (χ2v) is 7.24. The first-order valence-electron chi connectivity index (χ1n) is 9.03. The van der Waals surface area contributed by atoms with Gasteiger partial charge in [-0.3, -0.25) is 9.59 Å². The summed E-state index contributed by atoms with van der Waals surface area (Å²) in [5, 5.41) is 9.90. The van der Waals surface area contributed by atoms with Gasteiger partial charge in [0, 0.05) is 17.0 Å². The smallest absolute Gasteiger partial charge is 0.267 e. The molecule has 0 aliphatic heterocycles. The molecule has 0 radical (unpaired) electrons. The van der Waals surface area contributed by atoms with Crippen molar-refractivity contribution < 1.29 is 9.21 Å². The molecule has 3 aromatic heterocycles. The Bertz CT molecular complexity index is 1170. The van der Waals surface area contributed by atoms with Crippen molar-refractivity contribution in [1.29, 1.82) is 0 Å². The second-order valence-electron chi connectivity index (χ2n) is 6.38. The van der Waals surface area contributed by atoms with Crippen LogP contribution in [0.1, 0.15) is 18.7 Å². The van der Waals surface area contributed by atoms with E-state index in [-0.39, 0.29) is 18.0 Å². The van der Waals surface area contributed by atoms with E-state index in [1.165, 1.54) is 23.7 Å². The molecule has 7 nitrogen and oxygen atoms in total. The number of benzene rings is 1. The summed E-state index contributed by atoms with van der Waals surface area (Å²) in [6, 6.07) is 15.5. The Morgan fingerprint density at radius 1 is 1.17 bits per heavy atom. The lowest BCUT2D eigenvalue weighted by Crippen LogP contribution is -2.36. The minimum Gasteiger partial charge on any atom is -0.463 e. The van der Waals surface area contributed by atoms with Crippen molar-refractivity contribution in [2.45, 2.75) is 19.5 Å². The third-order valence-corrected chi connectivity index (χ3v) is 5.30. The molecule has 1 unspecified atom stereocenters. The summed E-state index contributed by atoms with van der Waals surface area (Å²) >= 11 is 1.52. The molecular formula is C21H18N4O3S. The van der Waals surface area contributed by atoms with Crippen molar-refractivity contribution in [3.05, 3.63) is 82.3 Å². The zero-order valence-electron chi connectivity index (χ0n) is 15.6. The third-order valence-electron chi connectivity index (χ3n) is 4.36. The van der Waals surface area contributed by atoms with E-state index in [4.69, 9.17) is 4.42 Å². The standard InChI is InChI=1S/C21H18N4O3S/c1-14(25-19(26)10-9-17(24-25)18-8-5-11-28-18)20(27)22-12-16-13-29-21(23-16)15-6-3-2-4-7-15/h2-11,13-14H,12H2,1H3,(H,22,27). The zero-order chi connectivity index (χ0) is 20.2. The van der Waals surface area contributed by atoms with Crippen LogP contribution in [0.5, 0.6) is 0 Å². The Balaban J connectivity index is 1.45. The summed E-state index contributed by atoms with van der Waals surface area (Å²) in [4.78, 5) is 29.3. The van der Waals surface area contributed by atoms with Gasteiger partial charge in [-0.15, -0.1) is 11.3 Å². The molecule has 0 aliphatic carbocycles. The molecule has 8 heteroatoms. The highest BCUT2D eigenvalue weighted by Crippen LogP contribution is 2.23. The summed E-state index contributed by atoms with van der Waals surface area (Å²) in [6.45, 7) is 1.91. The Morgan fingerprint density at radius 3 is 2.76 bits per heavy atom. The van der Waals surface area contributed by atoms with Gasteiger partial charge < -0.3 is 9.73 Å². The number of hydrogen-bond acceptors (Lipinski definition) is 6. The largest absolute Gasteiger partial charge is 0.463 e. The van der Waals surface area contributed by atoms with E-state index in [1.54, 1.807) is 25.1 Å². The van der Waals surface area contributed by atoms with Gasteiger partial charge in [0.05, 0.1) is 18.5 Å². The number of hydrogen-bond donors (Lipinski definition) is 1. The highest BCUT2D eigenvalue weighted by molar-refractivity contribution is 7.13. The van der Waals surface area contributed by atoms with Gasteiger partial charge in [0.1, 0.15) is 16.7 Å². The predicted molar refractivity (Wildman–Crippen MR) is 110 cm³/mol. The molecule has 1 atom stereocenters. The molecule has 0 bridgehead atoms. The summed E-state index contributed by atoms with van der Waals surface area (Å²) in [6.07, 6.45) is 1.53. The van der Waals surface area contributed by atoms with Crippen LogP contribution in [0.25, 0.3) is 22.0 Å². The summed E-state index contributed by atoms with van der Waals surface area (Å²) in [5.41, 5.74) is 1.93. The molecule has 1 N–H and O–H groups in total. The maximum absolute atomic E-state index is 12.6.